The second-order valence-electron chi connectivity index (χ2n) is 6.10. The first-order valence-corrected chi connectivity index (χ1v) is 9.17. The van der Waals surface area contributed by atoms with E-state index >= 15 is 0 Å². The first kappa shape index (κ1) is 18.3. The van der Waals surface area contributed by atoms with Gasteiger partial charge in [0.15, 0.2) is 0 Å². The lowest BCUT2D eigenvalue weighted by Crippen LogP contribution is -2.16. The van der Waals surface area contributed by atoms with E-state index in [1.807, 2.05) is 0 Å². The van der Waals surface area contributed by atoms with Crippen molar-refractivity contribution >= 4 is 46.0 Å². The van der Waals surface area contributed by atoms with E-state index in [0.29, 0.717) is 32.1 Å². The molecule has 138 valence electrons. The molecule has 0 aliphatic carbocycles. The number of rotatable bonds is 3. The Kier molecular flexibility index (Phi) is 4.90. The zero-order valence-corrected chi connectivity index (χ0v) is 15.9. The zero-order chi connectivity index (χ0) is 19.7. The summed E-state index contributed by atoms with van der Waals surface area (Å²) in [5, 5.41) is 4.12. The van der Waals surface area contributed by atoms with Gasteiger partial charge in [0.2, 0.25) is 11.3 Å². The number of carbonyl (C=O) groups excluding carboxylic acids is 1. The Morgan fingerprint density at radius 3 is 2.36 bits per heavy atom. The van der Waals surface area contributed by atoms with Crippen molar-refractivity contribution in [1.29, 1.82) is 0 Å². The molecule has 0 unspecified atom stereocenters. The molecule has 0 fully saturated rings. The van der Waals surface area contributed by atoms with Gasteiger partial charge in [-0.1, -0.05) is 47.5 Å². The molecule has 4 aromatic rings. The molecule has 0 bridgehead atoms. The van der Waals surface area contributed by atoms with Crippen molar-refractivity contribution in [3.63, 3.8) is 0 Å². The standard InChI is InChI=1S/C22H13Cl2NO3/c23-15-10-8-13(9-11-15)21(27)25-22-19(14-4-3-5-16(24)12-14)20(26)17-6-1-2-7-18(17)28-22/h1-12H,(H,25,27). The molecule has 1 heterocycles. The summed E-state index contributed by atoms with van der Waals surface area (Å²) in [5.41, 5.74) is 1.30. The number of para-hydroxylation sites is 1. The van der Waals surface area contributed by atoms with Gasteiger partial charge in [0.05, 0.1) is 10.9 Å². The summed E-state index contributed by atoms with van der Waals surface area (Å²) in [4.78, 5) is 25.8. The smallest absolute Gasteiger partial charge is 0.257 e. The lowest BCUT2D eigenvalue weighted by Gasteiger charge is -2.12. The highest BCUT2D eigenvalue weighted by atomic mass is 35.5. The molecule has 6 heteroatoms. The summed E-state index contributed by atoms with van der Waals surface area (Å²) in [6, 6.07) is 20.1. The van der Waals surface area contributed by atoms with Crippen molar-refractivity contribution in [3.8, 4) is 11.1 Å². The fourth-order valence-corrected chi connectivity index (χ4v) is 3.23. The van der Waals surface area contributed by atoms with Crippen LogP contribution in [0.1, 0.15) is 10.4 Å². The van der Waals surface area contributed by atoms with Crippen LogP contribution in [-0.4, -0.2) is 5.91 Å². The fourth-order valence-electron chi connectivity index (χ4n) is 2.91. The average Bonchev–Trinajstić information content (AvgIpc) is 2.68. The molecule has 1 aromatic heterocycles. The van der Waals surface area contributed by atoms with Crippen molar-refractivity contribution in [1.82, 2.24) is 0 Å². The molecule has 0 atom stereocenters. The van der Waals surface area contributed by atoms with Gasteiger partial charge in [0.1, 0.15) is 5.58 Å². The van der Waals surface area contributed by atoms with Crippen LogP contribution in [-0.2, 0) is 0 Å². The number of anilines is 1. The van der Waals surface area contributed by atoms with Gasteiger partial charge in [-0.2, -0.15) is 0 Å². The van der Waals surface area contributed by atoms with Crippen LogP contribution in [0.2, 0.25) is 10.0 Å². The van der Waals surface area contributed by atoms with Gasteiger partial charge < -0.3 is 4.42 Å². The molecule has 28 heavy (non-hydrogen) atoms. The Morgan fingerprint density at radius 1 is 0.857 bits per heavy atom. The van der Waals surface area contributed by atoms with E-state index in [0.717, 1.165) is 0 Å². The molecule has 3 aromatic carbocycles. The van der Waals surface area contributed by atoms with Gasteiger partial charge in [-0.05, 0) is 54.1 Å². The van der Waals surface area contributed by atoms with Gasteiger partial charge >= 0.3 is 0 Å². The highest BCUT2D eigenvalue weighted by Gasteiger charge is 2.19. The van der Waals surface area contributed by atoms with E-state index in [2.05, 4.69) is 5.32 Å². The quantitative estimate of drug-likeness (QED) is 0.449. The topological polar surface area (TPSA) is 59.3 Å². The van der Waals surface area contributed by atoms with E-state index in [1.165, 1.54) is 0 Å². The highest BCUT2D eigenvalue weighted by Crippen LogP contribution is 2.30. The maximum atomic E-state index is 13.2. The maximum Gasteiger partial charge on any atom is 0.257 e. The summed E-state index contributed by atoms with van der Waals surface area (Å²) in [5.74, 6) is -0.357. The molecule has 0 saturated carbocycles. The Hall–Kier alpha value is -3.08. The summed E-state index contributed by atoms with van der Waals surface area (Å²) in [7, 11) is 0. The van der Waals surface area contributed by atoms with Crippen molar-refractivity contribution in [2.45, 2.75) is 0 Å². The van der Waals surface area contributed by atoms with Crippen LogP contribution in [0.4, 0.5) is 5.88 Å². The van der Waals surface area contributed by atoms with Crippen LogP contribution in [0.3, 0.4) is 0 Å². The number of halogens is 2. The van der Waals surface area contributed by atoms with Crippen molar-refractivity contribution in [2.75, 3.05) is 5.32 Å². The minimum absolute atomic E-state index is 0.0610. The largest absolute Gasteiger partial charge is 0.439 e. The number of hydrogen-bond acceptors (Lipinski definition) is 3. The first-order chi connectivity index (χ1) is 13.5. The van der Waals surface area contributed by atoms with Gasteiger partial charge in [-0.15, -0.1) is 0 Å². The third kappa shape index (κ3) is 3.52. The molecule has 1 amide bonds. The summed E-state index contributed by atoms with van der Waals surface area (Å²) in [6.45, 7) is 0. The van der Waals surface area contributed by atoms with Crippen molar-refractivity contribution < 1.29 is 9.21 Å². The van der Waals surface area contributed by atoms with Gasteiger partial charge in [0.25, 0.3) is 5.91 Å². The third-order valence-corrected chi connectivity index (χ3v) is 4.73. The predicted octanol–water partition coefficient (Wildman–Crippen LogP) is 6.02. The predicted molar refractivity (Wildman–Crippen MR) is 112 cm³/mol. The molecule has 0 saturated heterocycles. The lowest BCUT2D eigenvalue weighted by molar-refractivity contribution is 0.102. The summed E-state index contributed by atoms with van der Waals surface area (Å²) >= 11 is 12.0. The number of nitrogens with one attached hydrogen (secondary N) is 1. The maximum absolute atomic E-state index is 13.2. The Labute approximate surface area is 170 Å². The highest BCUT2D eigenvalue weighted by molar-refractivity contribution is 6.31. The second-order valence-corrected chi connectivity index (χ2v) is 6.98. The molecule has 0 aliphatic rings. The van der Waals surface area contributed by atoms with Gasteiger partial charge in [-0.3, -0.25) is 14.9 Å². The number of hydrogen-bond donors (Lipinski definition) is 1. The van der Waals surface area contributed by atoms with E-state index in [1.54, 1.807) is 72.8 Å². The molecular formula is C22H13Cl2NO3. The number of carbonyl (C=O) groups is 1. The Bertz CT molecular complexity index is 1250. The van der Waals surface area contributed by atoms with E-state index in [9.17, 15) is 9.59 Å². The molecule has 1 N–H and O–H groups in total. The Morgan fingerprint density at radius 2 is 1.61 bits per heavy atom. The normalized spacial score (nSPS) is 10.8. The van der Waals surface area contributed by atoms with E-state index in [-0.39, 0.29) is 16.9 Å². The van der Waals surface area contributed by atoms with Crippen molar-refractivity contribution in [2.24, 2.45) is 0 Å². The number of fused-ring (bicyclic) bond motifs is 1. The Balaban J connectivity index is 1.88. The molecule has 0 aliphatic heterocycles. The van der Waals surface area contributed by atoms with Crippen LogP contribution in [0.15, 0.2) is 82.0 Å². The van der Waals surface area contributed by atoms with Crippen LogP contribution in [0, 0.1) is 0 Å². The van der Waals surface area contributed by atoms with Gasteiger partial charge in [0, 0.05) is 15.6 Å². The minimum atomic E-state index is -0.418. The third-order valence-electron chi connectivity index (χ3n) is 4.24. The van der Waals surface area contributed by atoms with Crippen LogP contribution >= 0.6 is 23.2 Å². The average molecular weight is 410 g/mol. The minimum Gasteiger partial charge on any atom is -0.439 e. The fraction of sp³-hybridized carbons (Fsp3) is 0. The first-order valence-electron chi connectivity index (χ1n) is 8.41. The summed E-state index contributed by atoms with van der Waals surface area (Å²) < 4.78 is 5.88. The van der Waals surface area contributed by atoms with Crippen LogP contribution in [0.25, 0.3) is 22.1 Å². The van der Waals surface area contributed by atoms with Crippen molar-refractivity contribution in [3.05, 3.63) is 98.6 Å². The number of amides is 1. The summed E-state index contributed by atoms with van der Waals surface area (Å²) in [6.07, 6.45) is 0. The molecule has 4 rings (SSSR count). The molecule has 0 radical (unpaired) electrons. The van der Waals surface area contributed by atoms with Crippen LogP contribution < -0.4 is 10.7 Å². The lowest BCUT2D eigenvalue weighted by atomic mass is 10.0. The van der Waals surface area contributed by atoms with Gasteiger partial charge in [-0.25, -0.2) is 0 Å². The second kappa shape index (κ2) is 7.50. The molecule has 4 nitrogen and oxygen atoms in total. The zero-order valence-electron chi connectivity index (χ0n) is 14.4. The molecular weight excluding hydrogens is 397 g/mol. The van der Waals surface area contributed by atoms with E-state index < -0.39 is 5.91 Å². The molecule has 0 spiro atoms. The SMILES string of the molecule is O=C(Nc1oc2ccccc2c(=O)c1-c1cccc(Cl)c1)c1ccc(Cl)cc1. The monoisotopic (exact) mass is 409 g/mol. The van der Waals surface area contributed by atoms with Crippen LogP contribution in [0.5, 0.6) is 0 Å². The number of benzene rings is 3. The van der Waals surface area contributed by atoms with E-state index in [4.69, 9.17) is 27.6 Å².